The molecule has 0 fully saturated rings. The predicted molar refractivity (Wildman–Crippen MR) is 66.2 cm³/mol. The van der Waals surface area contributed by atoms with E-state index in [0.29, 0.717) is 6.42 Å². The first-order valence-electron chi connectivity index (χ1n) is 4.08. The molecule has 4 heteroatoms. The number of carbonyl (C=O) groups excluding carboxylic acids is 1. The predicted octanol–water partition coefficient (Wildman–Crippen LogP) is 3.69. The van der Waals surface area contributed by atoms with Crippen LogP contribution in [0.1, 0.15) is 11.1 Å². The molecule has 1 aromatic rings. The Bertz CT molecular complexity index is 339. The quantitative estimate of drug-likeness (QED) is 0.764. The minimum absolute atomic E-state index is 0.0407. The first kappa shape index (κ1) is 12.2. The van der Waals surface area contributed by atoms with Crippen LogP contribution in [0.25, 0.3) is 0 Å². The SMILES string of the molecule is O=C(CCl)Cc1ccc(CBr)cc1Br. The lowest BCUT2D eigenvalue weighted by atomic mass is 10.1. The van der Waals surface area contributed by atoms with E-state index in [9.17, 15) is 4.79 Å². The Kier molecular flexibility index (Phi) is 5.13. The fraction of sp³-hybridized carbons (Fsp3) is 0.300. The highest BCUT2D eigenvalue weighted by Gasteiger charge is 2.06. The Morgan fingerprint density at radius 3 is 2.64 bits per heavy atom. The molecule has 76 valence electrons. The second-order valence-electron chi connectivity index (χ2n) is 2.91. The van der Waals surface area contributed by atoms with E-state index in [2.05, 4.69) is 31.9 Å². The van der Waals surface area contributed by atoms with Crippen LogP contribution in [-0.2, 0) is 16.5 Å². The molecule has 0 bridgehead atoms. The number of hydrogen-bond donors (Lipinski definition) is 0. The lowest BCUT2D eigenvalue weighted by molar-refractivity contribution is -0.116. The number of ketones is 1. The van der Waals surface area contributed by atoms with E-state index in [0.717, 1.165) is 15.4 Å². The van der Waals surface area contributed by atoms with Gasteiger partial charge in [-0.25, -0.2) is 0 Å². The molecule has 0 aliphatic heterocycles. The van der Waals surface area contributed by atoms with E-state index in [-0.39, 0.29) is 11.7 Å². The second-order valence-corrected chi connectivity index (χ2v) is 4.59. The summed E-state index contributed by atoms with van der Waals surface area (Å²) in [7, 11) is 0. The van der Waals surface area contributed by atoms with Crippen molar-refractivity contribution >= 4 is 49.2 Å². The Balaban J connectivity index is 2.83. The van der Waals surface area contributed by atoms with E-state index in [1.165, 1.54) is 5.56 Å². The van der Waals surface area contributed by atoms with Crippen molar-refractivity contribution in [2.24, 2.45) is 0 Å². The number of hydrogen-bond acceptors (Lipinski definition) is 1. The third kappa shape index (κ3) is 3.37. The standard InChI is InChI=1S/C10H9Br2ClO/c11-5-7-1-2-8(10(12)3-7)4-9(14)6-13/h1-3H,4-6H2. The molecule has 0 heterocycles. The molecule has 14 heavy (non-hydrogen) atoms. The topological polar surface area (TPSA) is 17.1 Å². The second kappa shape index (κ2) is 5.89. The molecule has 0 spiro atoms. The van der Waals surface area contributed by atoms with Crippen LogP contribution in [0.3, 0.4) is 0 Å². The van der Waals surface area contributed by atoms with Gasteiger partial charge in [0, 0.05) is 16.2 Å². The number of Topliss-reactive ketones (excluding diaryl/α,β-unsaturated/α-hetero) is 1. The zero-order chi connectivity index (χ0) is 10.6. The Labute approximate surface area is 105 Å². The molecule has 1 nitrogen and oxygen atoms in total. The Morgan fingerprint density at radius 2 is 2.14 bits per heavy atom. The van der Waals surface area contributed by atoms with Crippen LogP contribution in [0.2, 0.25) is 0 Å². The largest absolute Gasteiger partial charge is 0.298 e. The lowest BCUT2D eigenvalue weighted by Crippen LogP contribution is -2.04. The van der Waals surface area contributed by atoms with Gasteiger partial charge in [0.2, 0.25) is 0 Å². The molecule has 0 N–H and O–H groups in total. The summed E-state index contributed by atoms with van der Waals surface area (Å²) >= 11 is 12.2. The van der Waals surface area contributed by atoms with Crippen molar-refractivity contribution in [3.63, 3.8) is 0 Å². The molecule has 0 aromatic heterocycles. The normalized spacial score (nSPS) is 10.2. The van der Waals surface area contributed by atoms with Crippen LogP contribution < -0.4 is 0 Å². The first-order chi connectivity index (χ1) is 6.67. The van der Waals surface area contributed by atoms with Crippen molar-refractivity contribution in [2.45, 2.75) is 11.8 Å². The van der Waals surface area contributed by atoms with E-state index in [1.807, 2.05) is 18.2 Å². The van der Waals surface area contributed by atoms with Gasteiger partial charge in [0.1, 0.15) is 0 Å². The zero-order valence-electron chi connectivity index (χ0n) is 7.40. The molecule has 0 unspecified atom stereocenters. The highest BCUT2D eigenvalue weighted by atomic mass is 79.9. The van der Waals surface area contributed by atoms with E-state index in [1.54, 1.807) is 0 Å². The fourth-order valence-electron chi connectivity index (χ4n) is 1.08. The Morgan fingerprint density at radius 1 is 1.43 bits per heavy atom. The molecule has 1 rings (SSSR count). The van der Waals surface area contributed by atoms with E-state index >= 15 is 0 Å². The lowest BCUT2D eigenvalue weighted by Gasteiger charge is -2.04. The number of alkyl halides is 2. The molecular formula is C10H9Br2ClO. The van der Waals surface area contributed by atoms with Crippen molar-refractivity contribution in [1.29, 1.82) is 0 Å². The maximum Gasteiger partial charge on any atom is 0.151 e. The zero-order valence-corrected chi connectivity index (χ0v) is 11.3. The van der Waals surface area contributed by atoms with E-state index < -0.39 is 0 Å². The van der Waals surface area contributed by atoms with Crippen LogP contribution in [0, 0.1) is 0 Å². The van der Waals surface area contributed by atoms with Gasteiger partial charge in [0.05, 0.1) is 5.88 Å². The number of carbonyl (C=O) groups is 1. The highest BCUT2D eigenvalue weighted by molar-refractivity contribution is 9.10. The van der Waals surface area contributed by atoms with Crippen molar-refractivity contribution in [3.05, 3.63) is 33.8 Å². The summed E-state index contributed by atoms with van der Waals surface area (Å²) < 4.78 is 0.966. The minimum Gasteiger partial charge on any atom is -0.298 e. The van der Waals surface area contributed by atoms with Gasteiger partial charge in [-0.3, -0.25) is 4.79 Å². The summed E-state index contributed by atoms with van der Waals surface area (Å²) in [5.41, 5.74) is 2.17. The number of benzene rings is 1. The average molecular weight is 340 g/mol. The minimum atomic E-state index is 0.0407. The summed E-state index contributed by atoms with van der Waals surface area (Å²) in [5, 5.41) is 0.815. The molecule has 0 atom stereocenters. The highest BCUT2D eigenvalue weighted by Crippen LogP contribution is 2.20. The average Bonchev–Trinajstić information content (AvgIpc) is 2.20. The maximum atomic E-state index is 11.1. The molecule has 1 aromatic carbocycles. The monoisotopic (exact) mass is 338 g/mol. The number of halogens is 3. The summed E-state index contributed by atoms with van der Waals surface area (Å²) in [4.78, 5) is 11.1. The van der Waals surface area contributed by atoms with Crippen LogP contribution >= 0.6 is 43.5 Å². The third-order valence-electron chi connectivity index (χ3n) is 1.81. The molecule has 0 amide bonds. The van der Waals surface area contributed by atoms with Crippen LogP contribution in [0.4, 0.5) is 0 Å². The molecule has 0 saturated carbocycles. The summed E-state index contributed by atoms with van der Waals surface area (Å²) in [6, 6.07) is 5.95. The van der Waals surface area contributed by atoms with Crippen LogP contribution in [0.5, 0.6) is 0 Å². The van der Waals surface area contributed by atoms with Crippen molar-refractivity contribution in [3.8, 4) is 0 Å². The van der Waals surface area contributed by atoms with Crippen molar-refractivity contribution < 1.29 is 4.79 Å². The van der Waals surface area contributed by atoms with Crippen molar-refractivity contribution in [1.82, 2.24) is 0 Å². The van der Waals surface area contributed by atoms with Gasteiger partial charge in [-0.2, -0.15) is 0 Å². The van der Waals surface area contributed by atoms with Gasteiger partial charge in [-0.15, -0.1) is 11.6 Å². The molecular weight excluding hydrogens is 331 g/mol. The maximum absolute atomic E-state index is 11.1. The first-order valence-corrected chi connectivity index (χ1v) is 6.53. The van der Waals surface area contributed by atoms with Gasteiger partial charge < -0.3 is 0 Å². The number of rotatable bonds is 4. The van der Waals surface area contributed by atoms with Crippen LogP contribution in [0.15, 0.2) is 22.7 Å². The van der Waals surface area contributed by atoms with Gasteiger partial charge in [-0.1, -0.05) is 44.0 Å². The summed E-state index contributed by atoms with van der Waals surface area (Å²) in [6.45, 7) is 0. The van der Waals surface area contributed by atoms with Crippen molar-refractivity contribution in [2.75, 3.05) is 5.88 Å². The van der Waals surface area contributed by atoms with Gasteiger partial charge in [0.25, 0.3) is 0 Å². The molecule has 0 saturated heterocycles. The fourth-order valence-corrected chi connectivity index (χ4v) is 2.09. The molecule has 0 aliphatic rings. The summed E-state index contributed by atoms with van der Waals surface area (Å²) in [5.74, 6) is 0.117. The van der Waals surface area contributed by atoms with Crippen LogP contribution in [-0.4, -0.2) is 11.7 Å². The summed E-state index contributed by atoms with van der Waals surface area (Å²) in [6.07, 6.45) is 0.395. The molecule has 0 aliphatic carbocycles. The smallest absolute Gasteiger partial charge is 0.151 e. The van der Waals surface area contributed by atoms with Gasteiger partial charge in [-0.05, 0) is 17.2 Å². The Hall–Kier alpha value is 0.140. The molecule has 0 radical (unpaired) electrons. The van der Waals surface area contributed by atoms with E-state index in [4.69, 9.17) is 11.6 Å². The van der Waals surface area contributed by atoms with Gasteiger partial charge in [0.15, 0.2) is 5.78 Å². The third-order valence-corrected chi connectivity index (χ3v) is 3.49. The van der Waals surface area contributed by atoms with Gasteiger partial charge >= 0.3 is 0 Å².